The number of ether oxygens (including phenoxy) is 1. The van der Waals surface area contributed by atoms with Crippen molar-refractivity contribution in [3.8, 4) is 0 Å². The van der Waals surface area contributed by atoms with Gasteiger partial charge in [-0.2, -0.15) is 0 Å². The van der Waals surface area contributed by atoms with E-state index in [9.17, 15) is 0 Å². The van der Waals surface area contributed by atoms with Crippen molar-refractivity contribution in [1.29, 1.82) is 0 Å². The van der Waals surface area contributed by atoms with Gasteiger partial charge in [-0.25, -0.2) is 0 Å². The number of halogens is 1. The van der Waals surface area contributed by atoms with Crippen LogP contribution in [0.15, 0.2) is 24.3 Å². The number of hydrogen-bond acceptors (Lipinski definition) is 1. The molecule has 0 amide bonds. The van der Waals surface area contributed by atoms with Gasteiger partial charge in [-0.05, 0) is 36.8 Å². The molecule has 0 aliphatic heterocycles. The lowest BCUT2D eigenvalue weighted by molar-refractivity contribution is 0.181. The third kappa shape index (κ3) is 4.35. The number of rotatable bonds is 6. The van der Waals surface area contributed by atoms with Crippen molar-refractivity contribution in [3.63, 3.8) is 0 Å². The first kappa shape index (κ1) is 12.7. The summed E-state index contributed by atoms with van der Waals surface area (Å²) >= 11 is 3.57. The molecular weight excluding hydrogens is 252 g/mol. The fraction of sp³-hybridized carbons (Fsp3) is 0.538. The Hall–Kier alpha value is -0.340. The molecule has 0 aliphatic carbocycles. The van der Waals surface area contributed by atoms with Crippen LogP contribution in [0.25, 0.3) is 0 Å². The predicted molar refractivity (Wildman–Crippen MR) is 68.7 cm³/mol. The van der Waals surface area contributed by atoms with Gasteiger partial charge in [0.15, 0.2) is 0 Å². The highest BCUT2D eigenvalue weighted by Gasteiger charge is 2.09. The largest absolute Gasteiger partial charge is 0.385 e. The van der Waals surface area contributed by atoms with Crippen LogP contribution in [0.5, 0.6) is 0 Å². The molecule has 84 valence electrons. The smallest absolute Gasteiger partial charge is 0.0465 e. The van der Waals surface area contributed by atoms with Crippen molar-refractivity contribution < 1.29 is 4.74 Å². The number of alkyl halides is 1. The van der Waals surface area contributed by atoms with Crippen LogP contribution in [0.1, 0.15) is 17.5 Å². The first-order valence-corrected chi connectivity index (χ1v) is 6.49. The van der Waals surface area contributed by atoms with Gasteiger partial charge in [0.05, 0.1) is 0 Å². The van der Waals surface area contributed by atoms with E-state index in [2.05, 4.69) is 47.1 Å². The Morgan fingerprint density at radius 3 is 2.67 bits per heavy atom. The highest BCUT2D eigenvalue weighted by molar-refractivity contribution is 9.09. The minimum absolute atomic E-state index is 0.672. The predicted octanol–water partition coefficient (Wildman–Crippen LogP) is 3.59. The van der Waals surface area contributed by atoms with E-state index in [1.807, 2.05) is 0 Å². The first-order valence-electron chi connectivity index (χ1n) is 5.37. The third-order valence-corrected chi connectivity index (χ3v) is 3.63. The zero-order chi connectivity index (χ0) is 11.1. The number of methoxy groups -OCH3 is 1. The van der Waals surface area contributed by atoms with Crippen LogP contribution >= 0.6 is 15.9 Å². The summed E-state index contributed by atoms with van der Waals surface area (Å²) in [6, 6.07) is 8.61. The lowest BCUT2D eigenvalue weighted by atomic mass is 9.95. The molecule has 0 aromatic heterocycles. The fourth-order valence-corrected chi connectivity index (χ4v) is 2.22. The summed E-state index contributed by atoms with van der Waals surface area (Å²) in [5.74, 6) is 0.672. The Morgan fingerprint density at radius 2 is 2.07 bits per heavy atom. The quantitative estimate of drug-likeness (QED) is 0.718. The summed E-state index contributed by atoms with van der Waals surface area (Å²) in [5, 5.41) is 1.05. The average molecular weight is 271 g/mol. The van der Waals surface area contributed by atoms with Gasteiger partial charge in [0.25, 0.3) is 0 Å². The number of benzene rings is 1. The van der Waals surface area contributed by atoms with Gasteiger partial charge < -0.3 is 4.74 Å². The molecule has 0 heterocycles. The summed E-state index contributed by atoms with van der Waals surface area (Å²) < 4.78 is 5.12. The molecule has 0 aliphatic rings. The fourth-order valence-electron chi connectivity index (χ4n) is 1.67. The molecule has 1 atom stereocenters. The molecule has 0 N–H and O–H groups in total. The summed E-state index contributed by atoms with van der Waals surface area (Å²) in [7, 11) is 1.76. The minimum Gasteiger partial charge on any atom is -0.385 e. The van der Waals surface area contributed by atoms with Gasteiger partial charge >= 0.3 is 0 Å². The van der Waals surface area contributed by atoms with Crippen molar-refractivity contribution >= 4 is 15.9 Å². The maximum Gasteiger partial charge on any atom is 0.0465 e. The molecule has 1 nitrogen and oxygen atoms in total. The molecular formula is C13H19BrO. The topological polar surface area (TPSA) is 9.23 Å². The molecule has 1 aromatic carbocycles. The van der Waals surface area contributed by atoms with Crippen molar-refractivity contribution in [2.75, 3.05) is 19.0 Å². The maximum absolute atomic E-state index is 5.12. The second-order valence-electron chi connectivity index (χ2n) is 3.93. The lowest BCUT2D eigenvalue weighted by Crippen LogP contribution is -2.10. The summed E-state index contributed by atoms with van der Waals surface area (Å²) in [6.45, 7) is 3.03. The van der Waals surface area contributed by atoms with E-state index < -0.39 is 0 Å². The van der Waals surface area contributed by atoms with Gasteiger partial charge in [-0.1, -0.05) is 40.2 Å². The van der Waals surface area contributed by atoms with E-state index in [1.54, 1.807) is 7.11 Å². The van der Waals surface area contributed by atoms with Gasteiger partial charge in [0.2, 0.25) is 0 Å². The van der Waals surface area contributed by atoms with E-state index in [0.29, 0.717) is 5.92 Å². The first-order chi connectivity index (χ1) is 7.27. The standard InChI is InChI=1S/C13H19BrO/c1-11-5-3-4-6-13(11)9-12(10-14)7-8-15-2/h3-6,12H,7-10H2,1-2H3. The molecule has 1 aromatic rings. The van der Waals surface area contributed by atoms with Crippen LogP contribution in [0.4, 0.5) is 0 Å². The monoisotopic (exact) mass is 270 g/mol. The molecule has 2 heteroatoms. The van der Waals surface area contributed by atoms with Gasteiger partial charge in [0, 0.05) is 19.0 Å². The van der Waals surface area contributed by atoms with Gasteiger partial charge in [-0.15, -0.1) is 0 Å². The highest BCUT2D eigenvalue weighted by Crippen LogP contribution is 2.17. The summed E-state index contributed by atoms with van der Waals surface area (Å²) in [6.07, 6.45) is 2.26. The van der Waals surface area contributed by atoms with Crippen LogP contribution in [-0.2, 0) is 11.2 Å². The van der Waals surface area contributed by atoms with Crippen molar-refractivity contribution in [3.05, 3.63) is 35.4 Å². The van der Waals surface area contributed by atoms with E-state index in [-0.39, 0.29) is 0 Å². The molecule has 0 spiro atoms. The van der Waals surface area contributed by atoms with E-state index >= 15 is 0 Å². The van der Waals surface area contributed by atoms with Crippen LogP contribution in [0.3, 0.4) is 0 Å². The normalized spacial score (nSPS) is 12.7. The SMILES string of the molecule is COCCC(CBr)Cc1ccccc1C. The number of aryl methyl sites for hydroxylation is 1. The Bertz CT molecular complexity index is 286. The molecule has 0 fully saturated rings. The summed E-state index contributed by atoms with van der Waals surface area (Å²) in [5.41, 5.74) is 2.85. The molecule has 0 saturated heterocycles. The zero-order valence-electron chi connectivity index (χ0n) is 9.50. The van der Waals surface area contributed by atoms with Crippen molar-refractivity contribution in [2.24, 2.45) is 5.92 Å². The van der Waals surface area contributed by atoms with Crippen molar-refractivity contribution in [1.82, 2.24) is 0 Å². The highest BCUT2D eigenvalue weighted by atomic mass is 79.9. The Morgan fingerprint density at radius 1 is 1.33 bits per heavy atom. The molecule has 0 saturated carbocycles. The van der Waals surface area contributed by atoms with Crippen LogP contribution < -0.4 is 0 Å². The molecule has 1 rings (SSSR count). The number of hydrogen-bond donors (Lipinski definition) is 0. The lowest BCUT2D eigenvalue weighted by Gasteiger charge is -2.14. The molecule has 0 bridgehead atoms. The Labute approximate surface area is 101 Å². The van der Waals surface area contributed by atoms with Crippen LogP contribution in [0.2, 0.25) is 0 Å². The maximum atomic E-state index is 5.12. The molecule has 15 heavy (non-hydrogen) atoms. The van der Waals surface area contributed by atoms with Crippen LogP contribution in [0, 0.1) is 12.8 Å². The van der Waals surface area contributed by atoms with E-state index in [1.165, 1.54) is 11.1 Å². The zero-order valence-corrected chi connectivity index (χ0v) is 11.1. The molecule has 0 radical (unpaired) electrons. The van der Waals surface area contributed by atoms with Gasteiger partial charge in [0.1, 0.15) is 0 Å². The molecule has 1 unspecified atom stereocenters. The van der Waals surface area contributed by atoms with Crippen LogP contribution in [-0.4, -0.2) is 19.0 Å². The van der Waals surface area contributed by atoms with Crippen molar-refractivity contribution in [2.45, 2.75) is 19.8 Å². The second-order valence-corrected chi connectivity index (χ2v) is 4.58. The Kier molecular flexibility index (Phi) is 5.96. The minimum atomic E-state index is 0.672. The van der Waals surface area contributed by atoms with E-state index in [4.69, 9.17) is 4.74 Å². The summed E-state index contributed by atoms with van der Waals surface area (Å²) in [4.78, 5) is 0. The second kappa shape index (κ2) is 7.02. The van der Waals surface area contributed by atoms with E-state index in [0.717, 1.165) is 24.8 Å². The Balaban J connectivity index is 2.54. The average Bonchev–Trinajstić information content (AvgIpc) is 2.26. The van der Waals surface area contributed by atoms with Gasteiger partial charge in [-0.3, -0.25) is 0 Å². The third-order valence-electron chi connectivity index (χ3n) is 2.72.